The molecule has 2 unspecified atom stereocenters. The predicted molar refractivity (Wildman–Crippen MR) is 81.6 cm³/mol. The molecule has 1 amide bonds. The number of hydrogen-bond acceptors (Lipinski definition) is 3. The summed E-state index contributed by atoms with van der Waals surface area (Å²) < 4.78 is 5.40. The molecule has 2 atom stereocenters. The van der Waals surface area contributed by atoms with Gasteiger partial charge >= 0.3 is 0 Å². The molecule has 0 radical (unpaired) electrons. The highest BCUT2D eigenvalue weighted by atomic mass is 16.5. The number of amides is 1. The van der Waals surface area contributed by atoms with Crippen LogP contribution in [0, 0.1) is 5.92 Å². The fraction of sp³-hybridized carbons (Fsp3) is 0.562. The smallest absolute Gasteiger partial charge is 0.222 e. The number of rotatable bonds is 7. The van der Waals surface area contributed by atoms with E-state index < -0.39 is 0 Å². The first-order valence-electron chi connectivity index (χ1n) is 7.21. The van der Waals surface area contributed by atoms with Gasteiger partial charge in [-0.25, -0.2) is 0 Å². The summed E-state index contributed by atoms with van der Waals surface area (Å²) in [5, 5.41) is 2.97. The summed E-state index contributed by atoms with van der Waals surface area (Å²) in [6.07, 6.45) is 0.360. The molecule has 0 aromatic heterocycles. The van der Waals surface area contributed by atoms with Crippen molar-refractivity contribution in [3.63, 3.8) is 0 Å². The average molecular weight is 278 g/mol. The highest BCUT2D eigenvalue weighted by Crippen LogP contribution is 2.18. The first-order chi connectivity index (χ1) is 9.43. The van der Waals surface area contributed by atoms with E-state index in [0.717, 1.165) is 11.3 Å². The molecule has 4 nitrogen and oxygen atoms in total. The van der Waals surface area contributed by atoms with Crippen LogP contribution < -0.4 is 15.8 Å². The molecule has 0 aliphatic rings. The van der Waals surface area contributed by atoms with Gasteiger partial charge in [0.2, 0.25) is 5.91 Å². The van der Waals surface area contributed by atoms with Crippen molar-refractivity contribution in [2.45, 2.75) is 46.2 Å². The Labute approximate surface area is 121 Å². The Kier molecular flexibility index (Phi) is 6.52. The van der Waals surface area contributed by atoms with E-state index in [9.17, 15) is 4.79 Å². The lowest BCUT2D eigenvalue weighted by molar-refractivity contribution is -0.122. The van der Waals surface area contributed by atoms with Crippen LogP contribution in [0.1, 0.15) is 45.7 Å². The SMILES string of the molecule is CCOc1ccc(C(C)NC(=O)CC(N)C(C)C)cc1. The highest BCUT2D eigenvalue weighted by Gasteiger charge is 2.15. The van der Waals surface area contributed by atoms with Gasteiger partial charge in [-0.05, 0) is 37.5 Å². The van der Waals surface area contributed by atoms with Crippen molar-refractivity contribution in [1.82, 2.24) is 5.32 Å². The molecular weight excluding hydrogens is 252 g/mol. The first-order valence-corrected chi connectivity index (χ1v) is 7.21. The largest absolute Gasteiger partial charge is 0.494 e. The van der Waals surface area contributed by atoms with Crippen LogP contribution in [0.2, 0.25) is 0 Å². The molecule has 3 N–H and O–H groups in total. The first kappa shape index (κ1) is 16.5. The molecule has 0 spiro atoms. The number of ether oxygens (including phenoxy) is 1. The Morgan fingerprint density at radius 3 is 2.35 bits per heavy atom. The zero-order valence-electron chi connectivity index (χ0n) is 12.8. The lowest BCUT2D eigenvalue weighted by Crippen LogP contribution is -2.35. The molecule has 112 valence electrons. The minimum Gasteiger partial charge on any atom is -0.494 e. The van der Waals surface area contributed by atoms with Crippen LogP contribution in [0.3, 0.4) is 0 Å². The maximum Gasteiger partial charge on any atom is 0.222 e. The van der Waals surface area contributed by atoms with Gasteiger partial charge in [-0.2, -0.15) is 0 Å². The number of carbonyl (C=O) groups is 1. The fourth-order valence-electron chi connectivity index (χ4n) is 1.85. The molecule has 0 heterocycles. The van der Waals surface area contributed by atoms with Crippen molar-refractivity contribution in [3.05, 3.63) is 29.8 Å². The van der Waals surface area contributed by atoms with Crippen LogP contribution in [0.5, 0.6) is 5.75 Å². The monoisotopic (exact) mass is 278 g/mol. The predicted octanol–water partition coefficient (Wildman–Crippen LogP) is 2.64. The molecule has 1 aromatic carbocycles. The van der Waals surface area contributed by atoms with Crippen molar-refractivity contribution in [2.75, 3.05) is 6.61 Å². The average Bonchev–Trinajstić information content (AvgIpc) is 2.39. The standard InChI is InChI=1S/C16H26N2O2/c1-5-20-14-8-6-13(7-9-14)12(4)18-16(19)10-15(17)11(2)3/h6-9,11-12,15H,5,10,17H2,1-4H3,(H,18,19). The molecule has 0 aliphatic carbocycles. The Morgan fingerprint density at radius 1 is 1.25 bits per heavy atom. The van der Waals surface area contributed by atoms with Crippen LogP contribution in [0.4, 0.5) is 0 Å². The van der Waals surface area contributed by atoms with Gasteiger partial charge in [0, 0.05) is 12.5 Å². The molecular formula is C16H26N2O2. The van der Waals surface area contributed by atoms with E-state index in [0.29, 0.717) is 18.9 Å². The van der Waals surface area contributed by atoms with Crippen molar-refractivity contribution in [1.29, 1.82) is 0 Å². The summed E-state index contributed by atoms with van der Waals surface area (Å²) in [6.45, 7) is 8.61. The van der Waals surface area contributed by atoms with Gasteiger partial charge in [0.25, 0.3) is 0 Å². The van der Waals surface area contributed by atoms with E-state index in [1.54, 1.807) is 0 Å². The molecule has 0 saturated heterocycles. The van der Waals surface area contributed by atoms with Gasteiger partial charge in [-0.15, -0.1) is 0 Å². The fourth-order valence-corrected chi connectivity index (χ4v) is 1.85. The van der Waals surface area contributed by atoms with Gasteiger partial charge < -0.3 is 15.8 Å². The second-order valence-electron chi connectivity index (χ2n) is 5.40. The van der Waals surface area contributed by atoms with E-state index in [-0.39, 0.29) is 18.0 Å². The maximum absolute atomic E-state index is 11.9. The highest BCUT2D eigenvalue weighted by molar-refractivity contribution is 5.77. The topological polar surface area (TPSA) is 64.3 Å². The Balaban J connectivity index is 2.53. The van der Waals surface area contributed by atoms with Gasteiger partial charge in [-0.3, -0.25) is 4.79 Å². The van der Waals surface area contributed by atoms with E-state index in [1.807, 2.05) is 52.0 Å². The molecule has 4 heteroatoms. The lowest BCUT2D eigenvalue weighted by atomic mass is 10.0. The van der Waals surface area contributed by atoms with Gasteiger partial charge in [0.05, 0.1) is 12.6 Å². The number of benzene rings is 1. The Hall–Kier alpha value is -1.55. The molecule has 20 heavy (non-hydrogen) atoms. The number of carbonyl (C=O) groups excluding carboxylic acids is 1. The molecule has 0 aliphatic heterocycles. The van der Waals surface area contributed by atoms with E-state index >= 15 is 0 Å². The second kappa shape index (κ2) is 7.90. The summed E-state index contributed by atoms with van der Waals surface area (Å²) in [6, 6.07) is 7.65. The third kappa shape index (κ3) is 5.21. The van der Waals surface area contributed by atoms with Crippen LogP contribution in [0.15, 0.2) is 24.3 Å². The summed E-state index contributed by atoms with van der Waals surface area (Å²) in [5.41, 5.74) is 6.96. The van der Waals surface area contributed by atoms with E-state index in [1.165, 1.54) is 0 Å². The van der Waals surface area contributed by atoms with E-state index in [4.69, 9.17) is 10.5 Å². The molecule has 1 aromatic rings. The quantitative estimate of drug-likeness (QED) is 0.806. The molecule has 1 rings (SSSR count). The van der Waals surface area contributed by atoms with Crippen molar-refractivity contribution < 1.29 is 9.53 Å². The maximum atomic E-state index is 11.9. The number of nitrogens with one attached hydrogen (secondary N) is 1. The second-order valence-corrected chi connectivity index (χ2v) is 5.40. The molecule has 0 fully saturated rings. The minimum atomic E-state index is -0.0949. The summed E-state index contributed by atoms with van der Waals surface area (Å²) >= 11 is 0. The zero-order valence-corrected chi connectivity index (χ0v) is 12.8. The molecule has 0 bridgehead atoms. The third-order valence-corrected chi connectivity index (χ3v) is 3.35. The van der Waals surface area contributed by atoms with Crippen LogP contribution >= 0.6 is 0 Å². The number of nitrogens with two attached hydrogens (primary N) is 1. The summed E-state index contributed by atoms with van der Waals surface area (Å²) in [5.74, 6) is 1.14. The summed E-state index contributed by atoms with van der Waals surface area (Å²) in [4.78, 5) is 11.9. The van der Waals surface area contributed by atoms with Crippen LogP contribution in [-0.2, 0) is 4.79 Å². The summed E-state index contributed by atoms with van der Waals surface area (Å²) in [7, 11) is 0. The third-order valence-electron chi connectivity index (χ3n) is 3.35. The minimum absolute atomic E-state index is 0.00687. The van der Waals surface area contributed by atoms with Crippen LogP contribution in [0.25, 0.3) is 0 Å². The van der Waals surface area contributed by atoms with Gasteiger partial charge in [0.15, 0.2) is 0 Å². The Morgan fingerprint density at radius 2 is 1.85 bits per heavy atom. The zero-order chi connectivity index (χ0) is 15.1. The Bertz CT molecular complexity index is 415. The lowest BCUT2D eigenvalue weighted by Gasteiger charge is -2.18. The van der Waals surface area contributed by atoms with Gasteiger partial charge in [-0.1, -0.05) is 26.0 Å². The normalized spacial score (nSPS) is 13.9. The van der Waals surface area contributed by atoms with Crippen molar-refractivity contribution in [2.24, 2.45) is 11.7 Å². The van der Waals surface area contributed by atoms with E-state index in [2.05, 4.69) is 5.32 Å². The molecule has 0 saturated carbocycles. The van der Waals surface area contributed by atoms with Crippen molar-refractivity contribution >= 4 is 5.91 Å². The van der Waals surface area contributed by atoms with Gasteiger partial charge in [0.1, 0.15) is 5.75 Å². The number of hydrogen-bond donors (Lipinski definition) is 2. The van der Waals surface area contributed by atoms with Crippen molar-refractivity contribution in [3.8, 4) is 5.75 Å². The van der Waals surface area contributed by atoms with Crippen LogP contribution in [-0.4, -0.2) is 18.6 Å².